The highest BCUT2D eigenvalue weighted by atomic mass is 15.0. The topological polar surface area (TPSA) is 51.8 Å². The number of aromatic nitrogens is 4. The van der Waals surface area contributed by atoms with Crippen molar-refractivity contribution < 1.29 is 0 Å². The second-order valence-corrected chi connectivity index (χ2v) is 9.92. The first kappa shape index (κ1) is 22.8. The summed E-state index contributed by atoms with van der Waals surface area (Å²) in [4.78, 5) is 22.0. The quantitative estimate of drug-likeness (QED) is 0.217. The Morgan fingerprint density at radius 1 is 0.463 bits per heavy atom. The predicted molar refractivity (Wildman–Crippen MR) is 163 cm³/mol. The van der Waals surface area contributed by atoms with E-state index in [4.69, 9.17) is 28.1 Å². The third-order valence-electron chi connectivity index (χ3n) is 7.57. The number of nitrogens with zero attached hydrogens (tertiary/aromatic N) is 6. The van der Waals surface area contributed by atoms with Gasteiger partial charge in [-0.1, -0.05) is 66.7 Å². The van der Waals surface area contributed by atoms with Crippen LogP contribution in [0, 0.1) is 13.1 Å². The fourth-order valence-corrected chi connectivity index (χ4v) is 5.73. The Bertz CT molecular complexity index is 2320. The molecule has 0 aliphatic heterocycles. The summed E-state index contributed by atoms with van der Waals surface area (Å²) in [6.07, 6.45) is 0. The third-order valence-corrected chi connectivity index (χ3v) is 7.57. The van der Waals surface area contributed by atoms with Crippen LogP contribution in [0.1, 0.15) is 0 Å². The molecule has 41 heavy (non-hydrogen) atoms. The average molecular weight is 523 g/mol. The van der Waals surface area contributed by atoms with E-state index in [2.05, 4.69) is 26.2 Å². The fraction of sp³-hybridized carbons (Fsp3) is 0. The van der Waals surface area contributed by atoms with Gasteiger partial charge >= 0.3 is 0 Å². The van der Waals surface area contributed by atoms with Crippen LogP contribution in [0.3, 0.4) is 0 Å². The molecule has 8 aromatic rings. The van der Waals surface area contributed by atoms with Crippen LogP contribution in [0.4, 0.5) is 11.4 Å². The molecule has 0 fully saturated rings. The first-order valence-corrected chi connectivity index (χ1v) is 13.1. The van der Waals surface area contributed by atoms with Crippen molar-refractivity contribution in [2.75, 3.05) is 0 Å². The lowest BCUT2D eigenvalue weighted by Crippen LogP contribution is -2.00. The van der Waals surface area contributed by atoms with Gasteiger partial charge in [-0.25, -0.2) is 24.6 Å². The zero-order valence-corrected chi connectivity index (χ0v) is 21.6. The van der Waals surface area contributed by atoms with Gasteiger partial charge in [-0.2, -0.15) is 0 Å². The molecule has 3 heterocycles. The zero-order valence-electron chi connectivity index (χ0n) is 21.6. The van der Waals surface area contributed by atoms with Gasteiger partial charge in [-0.05, 0) is 58.6 Å². The lowest BCUT2D eigenvalue weighted by atomic mass is 10.0. The number of hydrogen-bond donors (Lipinski definition) is 0. The maximum Gasteiger partial charge on any atom is 0.188 e. The van der Waals surface area contributed by atoms with Crippen molar-refractivity contribution in [3.63, 3.8) is 0 Å². The summed E-state index contributed by atoms with van der Waals surface area (Å²) in [5.41, 5.74) is 6.95. The Balaban J connectivity index is 1.41. The second kappa shape index (κ2) is 8.71. The van der Waals surface area contributed by atoms with Crippen LogP contribution in [-0.2, 0) is 0 Å². The standard InChI is InChI=1S/C35H18N6/c1-36-24-14-16-31-27(18-24)29-20-25(37-2)19-28-26-17-23(13-15-30(26)41(31)32(28)29)35-39-33(21-9-5-3-6-10-21)38-34(40-35)22-11-7-4-8-12-22/h3-20H. The Labute approximate surface area is 234 Å². The van der Waals surface area contributed by atoms with Gasteiger partial charge in [0.15, 0.2) is 28.8 Å². The van der Waals surface area contributed by atoms with E-state index in [-0.39, 0.29) is 0 Å². The smallest absolute Gasteiger partial charge is 0.188 e. The fourth-order valence-electron chi connectivity index (χ4n) is 5.73. The van der Waals surface area contributed by atoms with E-state index in [1.165, 1.54) is 0 Å². The van der Waals surface area contributed by atoms with Crippen molar-refractivity contribution >= 4 is 49.5 Å². The summed E-state index contributed by atoms with van der Waals surface area (Å²) < 4.78 is 2.23. The first-order chi connectivity index (χ1) is 20.2. The lowest BCUT2D eigenvalue weighted by Gasteiger charge is -2.09. The van der Waals surface area contributed by atoms with Gasteiger partial charge in [-0.3, -0.25) is 0 Å². The van der Waals surface area contributed by atoms with Crippen molar-refractivity contribution in [1.29, 1.82) is 0 Å². The Kier molecular flexibility index (Phi) is 4.85. The Morgan fingerprint density at radius 3 is 1.51 bits per heavy atom. The van der Waals surface area contributed by atoms with Crippen LogP contribution in [-0.4, -0.2) is 19.4 Å². The zero-order chi connectivity index (χ0) is 27.5. The molecular formula is C35H18N6. The number of benzene rings is 5. The molecule has 0 bridgehead atoms. The molecule has 0 saturated heterocycles. The molecule has 0 N–H and O–H groups in total. The molecule has 3 aromatic heterocycles. The summed E-state index contributed by atoms with van der Waals surface area (Å²) >= 11 is 0. The Hall–Kier alpha value is -6.11. The van der Waals surface area contributed by atoms with Crippen molar-refractivity contribution in [1.82, 2.24) is 19.4 Å². The van der Waals surface area contributed by atoms with E-state index in [0.29, 0.717) is 28.8 Å². The maximum absolute atomic E-state index is 7.76. The van der Waals surface area contributed by atoms with Gasteiger partial charge in [-0.15, -0.1) is 0 Å². The molecule has 188 valence electrons. The SMILES string of the molecule is [C-]#[N+]c1ccc2c(c1)c1cc([N+]#[C-])cc3c4cc(-c5nc(-c6ccccc6)nc(-c6ccccc6)n5)ccc4n2c13. The summed E-state index contributed by atoms with van der Waals surface area (Å²) in [6.45, 7) is 15.2. The molecule has 0 saturated carbocycles. The second-order valence-electron chi connectivity index (χ2n) is 9.92. The summed E-state index contributed by atoms with van der Waals surface area (Å²) in [5.74, 6) is 1.81. The van der Waals surface area contributed by atoms with Crippen LogP contribution in [0.15, 0.2) is 109 Å². The van der Waals surface area contributed by atoms with E-state index in [1.54, 1.807) is 0 Å². The van der Waals surface area contributed by atoms with Gasteiger partial charge in [0, 0.05) is 22.1 Å². The molecule has 0 aliphatic rings. The van der Waals surface area contributed by atoms with Crippen LogP contribution in [0.5, 0.6) is 0 Å². The van der Waals surface area contributed by atoms with Crippen molar-refractivity contribution in [2.24, 2.45) is 0 Å². The molecule has 0 atom stereocenters. The van der Waals surface area contributed by atoms with Gasteiger partial charge in [0.25, 0.3) is 0 Å². The van der Waals surface area contributed by atoms with Gasteiger partial charge in [0.1, 0.15) is 0 Å². The van der Waals surface area contributed by atoms with Crippen molar-refractivity contribution in [2.45, 2.75) is 0 Å². The van der Waals surface area contributed by atoms with E-state index in [0.717, 1.165) is 54.8 Å². The van der Waals surface area contributed by atoms with Crippen molar-refractivity contribution in [3.8, 4) is 34.2 Å². The highest BCUT2D eigenvalue weighted by Gasteiger charge is 2.20. The first-order valence-electron chi connectivity index (χ1n) is 13.1. The van der Waals surface area contributed by atoms with Gasteiger partial charge in [0.05, 0.1) is 29.7 Å². The van der Waals surface area contributed by atoms with Gasteiger partial charge < -0.3 is 4.40 Å². The van der Waals surface area contributed by atoms with E-state index >= 15 is 0 Å². The largest absolute Gasteiger partial charge is 0.308 e. The monoisotopic (exact) mass is 522 g/mol. The minimum Gasteiger partial charge on any atom is -0.308 e. The summed E-state index contributed by atoms with van der Waals surface area (Å²) in [6, 6.07) is 35.8. The van der Waals surface area contributed by atoms with Crippen molar-refractivity contribution in [3.05, 3.63) is 132 Å². The summed E-state index contributed by atoms with van der Waals surface area (Å²) in [7, 11) is 0. The third kappa shape index (κ3) is 3.45. The highest BCUT2D eigenvalue weighted by molar-refractivity contribution is 6.25. The highest BCUT2D eigenvalue weighted by Crippen LogP contribution is 2.43. The Morgan fingerprint density at radius 2 is 0.951 bits per heavy atom. The van der Waals surface area contributed by atoms with E-state index in [1.807, 2.05) is 97.1 Å². The van der Waals surface area contributed by atoms with Crippen LogP contribution < -0.4 is 0 Å². The molecule has 5 aromatic carbocycles. The minimum atomic E-state index is 0.566. The molecule has 0 radical (unpaired) electrons. The number of rotatable bonds is 3. The lowest BCUT2D eigenvalue weighted by molar-refractivity contribution is 1.07. The van der Waals surface area contributed by atoms with E-state index < -0.39 is 0 Å². The molecule has 0 unspecified atom stereocenters. The number of fused-ring (bicyclic) bond motifs is 6. The minimum absolute atomic E-state index is 0.566. The van der Waals surface area contributed by atoms with Gasteiger partial charge in [0.2, 0.25) is 0 Å². The van der Waals surface area contributed by atoms with Crippen LogP contribution >= 0.6 is 0 Å². The van der Waals surface area contributed by atoms with Crippen LogP contribution in [0.2, 0.25) is 0 Å². The van der Waals surface area contributed by atoms with E-state index in [9.17, 15) is 0 Å². The molecular weight excluding hydrogens is 504 g/mol. The maximum atomic E-state index is 7.76. The molecule has 8 rings (SSSR count). The summed E-state index contributed by atoms with van der Waals surface area (Å²) in [5, 5.41) is 3.97. The normalized spacial score (nSPS) is 11.4. The molecule has 6 heteroatoms. The van der Waals surface area contributed by atoms with Crippen LogP contribution in [0.25, 0.3) is 81.9 Å². The molecule has 0 aliphatic carbocycles. The average Bonchev–Trinajstić information content (AvgIpc) is 3.55. The molecule has 0 amide bonds. The molecule has 6 nitrogen and oxygen atoms in total. The predicted octanol–water partition coefficient (Wildman–Crippen LogP) is 9.12. The number of hydrogen-bond acceptors (Lipinski definition) is 3. The molecule has 0 spiro atoms.